The van der Waals surface area contributed by atoms with Crippen LogP contribution in [0, 0.1) is 0 Å². The fourth-order valence-electron chi connectivity index (χ4n) is 3.28. The van der Waals surface area contributed by atoms with Gasteiger partial charge in [-0.2, -0.15) is 0 Å². The van der Waals surface area contributed by atoms with Crippen molar-refractivity contribution in [2.75, 3.05) is 24.6 Å². The maximum absolute atomic E-state index is 12.6. The lowest BCUT2D eigenvalue weighted by Gasteiger charge is -2.30. The Balaban J connectivity index is 1.82. The molecule has 0 saturated heterocycles. The number of rotatable bonds is 10. The Hall–Kier alpha value is -2.53. The van der Waals surface area contributed by atoms with Crippen molar-refractivity contribution in [1.82, 2.24) is 4.90 Å². The van der Waals surface area contributed by atoms with E-state index in [4.69, 9.17) is 16.2 Å². The molecule has 28 heavy (non-hydrogen) atoms. The van der Waals surface area contributed by atoms with Crippen LogP contribution < -0.4 is 16.2 Å². The molecule has 2 rings (SSSR count). The molecule has 4 N–H and O–H groups in total. The van der Waals surface area contributed by atoms with Crippen LogP contribution in [0.2, 0.25) is 0 Å². The van der Waals surface area contributed by atoms with E-state index in [9.17, 15) is 4.79 Å². The smallest absolute Gasteiger partial charge is 0.193 e. The zero-order valence-electron chi connectivity index (χ0n) is 17.4. The summed E-state index contributed by atoms with van der Waals surface area (Å²) in [6, 6.07) is 13.3. The highest BCUT2D eigenvalue weighted by molar-refractivity contribution is 6.09. The fourth-order valence-corrected chi connectivity index (χ4v) is 3.28. The maximum atomic E-state index is 12.6. The van der Waals surface area contributed by atoms with Crippen molar-refractivity contribution in [3.63, 3.8) is 0 Å². The molecule has 0 heterocycles. The number of nitrogen functional groups attached to an aromatic ring is 2. The van der Waals surface area contributed by atoms with Gasteiger partial charge in [0, 0.05) is 23.2 Å². The van der Waals surface area contributed by atoms with Crippen LogP contribution in [0.1, 0.15) is 56.5 Å². The van der Waals surface area contributed by atoms with Crippen LogP contribution in [0.5, 0.6) is 5.75 Å². The summed E-state index contributed by atoms with van der Waals surface area (Å²) in [6.45, 7) is 10.7. The quantitative estimate of drug-likeness (QED) is 0.362. The Morgan fingerprint density at radius 2 is 1.50 bits per heavy atom. The number of anilines is 2. The van der Waals surface area contributed by atoms with Gasteiger partial charge in [0.1, 0.15) is 5.75 Å². The molecule has 0 radical (unpaired) electrons. The number of hydrogen-bond acceptors (Lipinski definition) is 5. The van der Waals surface area contributed by atoms with Gasteiger partial charge in [-0.05, 0) is 89.5 Å². The molecule has 0 aliphatic rings. The van der Waals surface area contributed by atoms with Crippen LogP contribution in [-0.2, 0) is 0 Å². The van der Waals surface area contributed by atoms with Gasteiger partial charge in [0.15, 0.2) is 5.78 Å². The van der Waals surface area contributed by atoms with Gasteiger partial charge in [0.25, 0.3) is 0 Å². The summed E-state index contributed by atoms with van der Waals surface area (Å²) in [7, 11) is 0. The highest BCUT2D eigenvalue weighted by atomic mass is 16.5. The molecular weight excluding hydrogens is 350 g/mol. The van der Waals surface area contributed by atoms with Crippen molar-refractivity contribution in [1.29, 1.82) is 0 Å². The lowest BCUT2D eigenvalue weighted by molar-refractivity contribution is 0.103. The predicted molar refractivity (Wildman–Crippen MR) is 117 cm³/mol. The molecule has 5 nitrogen and oxygen atoms in total. The monoisotopic (exact) mass is 383 g/mol. The van der Waals surface area contributed by atoms with E-state index in [0.717, 1.165) is 25.1 Å². The first-order valence-corrected chi connectivity index (χ1v) is 9.98. The second kappa shape index (κ2) is 10.1. The largest absolute Gasteiger partial charge is 0.494 e. The average Bonchev–Trinajstić information content (AvgIpc) is 2.66. The van der Waals surface area contributed by atoms with E-state index in [2.05, 4.69) is 32.6 Å². The van der Waals surface area contributed by atoms with Gasteiger partial charge in [-0.1, -0.05) is 0 Å². The van der Waals surface area contributed by atoms with E-state index in [1.807, 2.05) is 12.1 Å². The second-order valence-electron chi connectivity index (χ2n) is 7.68. The Kier molecular flexibility index (Phi) is 7.88. The van der Waals surface area contributed by atoms with Crippen molar-refractivity contribution in [2.45, 2.75) is 52.6 Å². The molecule has 5 heteroatoms. The number of nitrogens with two attached hydrogens (primary N) is 2. The van der Waals surface area contributed by atoms with Gasteiger partial charge in [0.2, 0.25) is 0 Å². The first-order valence-electron chi connectivity index (χ1n) is 9.98. The number of hydrogen-bond donors (Lipinski definition) is 2. The zero-order valence-corrected chi connectivity index (χ0v) is 17.4. The normalized spacial score (nSPS) is 11.4. The molecule has 0 spiro atoms. The molecule has 0 saturated carbocycles. The molecule has 152 valence electrons. The Labute approximate surface area is 168 Å². The van der Waals surface area contributed by atoms with Gasteiger partial charge >= 0.3 is 0 Å². The minimum Gasteiger partial charge on any atom is -0.494 e. The number of ether oxygens (including phenoxy) is 1. The molecule has 0 aliphatic carbocycles. The molecule has 0 amide bonds. The molecule has 2 aromatic rings. The Morgan fingerprint density at radius 1 is 0.893 bits per heavy atom. The SMILES string of the molecule is CC(C)N(CCCCOc1ccc(C(=O)c2ccc(N)c(N)c2)cc1)C(C)C. The Morgan fingerprint density at radius 3 is 2.07 bits per heavy atom. The summed E-state index contributed by atoms with van der Waals surface area (Å²) in [5, 5.41) is 0. The van der Waals surface area contributed by atoms with Gasteiger partial charge in [0.05, 0.1) is 18.0 Å². The predicted octanol–water partition coefficient (Wildman–Crippen LogP) is 4.36. The molecular formula is C23H33N3O2. The second-order valence-corrected chi connectivity index (χ2v) is 7.68. The molecule has 0 unspecified atom stereocenters. The van der Waals surface area contributed by atoms with E-state index in [1.165, 1.54) is 0 Å². The summed E-state index contributed by atoms with van der Waals surface area (Å²) in [6.07, 6.45) is 2.10. The summed E-state index contributed by atoms with van der Waals surface area (Å²) in [5.74, 6) is 0.693. The minimum absolute atomic E-state index is 0.0827. The number of nitrogens with zero attached hydrogens (tertiary/aromatic N) is 1. The van der Waals surface area contributed by atoms with Gasteiger partial charge in [-0.25, -0.2) is 0 Å². The highest BCUT2D eigenvalue weighted by Crippen LogP contribution is 2.20. The fraction of sp³-hybridized carbons (Fsp3) is 0.435. The third-order valence-electron chi connectivity index (χ3n) is 4.87. The van der Waals surface area contributed by atoms with Crippen molar-refractivity contribution in [3.8, 4) is 5.75 Å². The number of unbranched alkanes of at least 4 members (excludes halogenated alkanes) is 1. The third-order valence-corrected chi connectivity index (χ3v) is 4.87. The number of ketones is 1. The van der Waals surface area contributed by atoms with Crippen LogP contribution in [0.4, 0.5) is 11.4 Å². The highest BCUT2D eigenvalue weighted by Gasteiger charge is 2.13. The molecule has 0 bridgehead atoms. The molecule has 2 aromatic carbocycles. The maximum Gasteiger partial charge on any atom is 0.193 e. The lowest BCUT2D eigenvalue weighted by atomic mass is 10.0. The molecule has 0 fully saturated rings. The molecule has 0 aliphatic heterocycles. The summed E-state index contributed by atoms with van der Waals surface area (Å²) in [4.78, 5) is 15.0. The third kappa shape index (κ3) is 5.99. The topological polar surface area (TPSA) is 81.6 Å². The zero-order chi connectivity index (χ0) is 20.7. The van der Waals surface area contributed by atoms with Crippen LogP contribution in [0.15, 0.2) is 42.5 Å². The van der Waals surface area contributed by atoms with E-state index in [1.54, 1.807) is 30.3 Å². The van der Waals surface area contributed by atoms with E-state index in [-0.39, 0.29) is 5.78 Å². The van der Waals surface area contributed by atoms with Gasteiger partial charge < -0.3 is 16.2 Å². The van der Waals surface area contributed by atoms with Crippen molar-refractivity contribution in [3.05, 3.63) is 53.6 Å². The first kappa shape index (κ1) is 21.8. The van der Waals surface area contributed by atoms with Gasteiger partial charge in [-0.3, -0.25) is 9.69 Å². The standard InChI is InChI=1S/C23H33N3O2/c1-16(2)26(17(3)4)13-5-6-14-28-20-10-7-18(8-11-20)23(27)19-9-12-21(24)22(25)15-19/h7-12,15-17H,5-6,13-14,24-25H2,1-4H3. The Bertz CT molecular complexity index is 762. The number of benzene rings is 2. The number of carbonyl (C=O) groups excluding carboxylic acids is 1. The lowest BCUT2D eigenvalue weighted by Crippen LogP contribution is -2.37. The van der Waals surface area contributed by atoms with E-state index in [0.29, 0.717) is 41.2 Å². The first-order chi connectivity index (χ1) is 13.3. The van der Waals surface area contributed by atoms with Crippen LogP contribution in [-0.4, -0.2) is 35.9 Å². The summed E-state index contributed by atoms with van der Waals surface area (Å²) < 4.78 is 5.82. The van der Waals surface area contributed by atoms with Crippen LogP contribution in [0.25, 0.3) is 0 Å². The number of carbonyl (C=O) groups is 1. The van der Waals surface area contributed by atoms with E-state index < -0.39 is 0 Å². The van der Waals surface area contributed by atoms with Gasteiger partial charge in [-0.15, -0.1) is 0 Å². The van der Waals surface area contributed by atoms with Crippen LogP contribution >= 0.6 is 0 Å². The average molecular weight is 384 g/mol. The minimum atomic E-state index is -0.0827. The van der Waals surface area contributed by atoms with Crippen molar-refractivity contribution >= 4 is 17.2 Å². The van der Waals surface area contributed by atoms with Crippen molar-refractivity contribution in [2.24, 2.45) is 0 Å². The van der Waals surface area contributed by atoms with Crippen LogP contribution in [0.3, 0.4) is 0 Å². The van der Waals surface area contributed by atoms with E-state index >= 15 is 0 Å². The molecule has 0 atom stereocenters. The molecule has 0 aromatic heterocycles. The summed E-state index contributed by atoms with van der Waals surface area (Å²) in [5.41, 5.74) is 13.5. The summed E-state index contributed by atoms with van der Waals surface area (Å²) >= 11 is 0. The van der Waals surface area contributed by atoms with Crippen molar-refractivity contribution < 1.29 is 9.53 Å².